The Hall–Kier alpha value is -2.91. The summed E-state index contributed by atoms with van der Waals surface area (Å²) in [5.74, 6) is -2.92. The third-order valence-electron chi connectivity index (χ3n) is 5.74. The van der Waals surface area contributed by atoms with Crippen molar-refractivity contribution in [3.8, 4) is 0 Å². The molecule has 32 heavy (non-hydrogen) atoms. The molecule has 3 N–H and O–H groups in total. The van der Waals surface area contributed by atoms with Crippen molar-refractivity contribution in [1.29, 1.82) is 0 Å². The molecule has 0 unspecified atom stereocenters. The first-order valence-electron chi connectivity index (χ1n) is 9.83. The van der Waals surface area contributed by atoms with E-state index in [1.807, 2.05) is 0 Å². The number of nitrogens with one attached hydrogen (secondary N) is 3. The van der Waals surface area contributed by atoms with Gasteiger partial charge in [-0.15, -0.1) is 0 Å². The molecule has 3 amide bonds. The summed E-state index contributed by atoms with van der Waals surface area (Å²) >= 11 is 11.7. The zero-order valence-electron chi connectivity index (χ0n) is 16.3. The number of fused-ring (bicyclic) bond motifs is 1. The van der Waals surface area contributed by atoms with Gasteiger partial charge in [0.2, 0.25) is 11.8 Å². The molecule has 7 nitrogen and oxygen atoms in total. The van der Waals surface area contributed by atoms with E-state index in [0.717, 1.165) is 12.1 Å². The first-order chi connectivity index (χ1) is 15.3. The van der Waals surface area contributed by atoms with E-state index >= 15 is 0 Å². The molecule has 166 valence electrons. The molecule has 2 heterocycles. The van der Waals surface area contributed by atoms with Crippen LogP contribution in [0.15, 0.2) is 34.7 Å². The maximum Gasteiger partial charge on any atom is 0.316 e. The minimum atomic E-state index is -1.17. The Bertz CT molecular complexity index is 1240. The van der Waals surface area contributed by atoms with Gasteiger partial charge in [0.25, 0.3) is 0 Å². The number of rotatable bonds is 4. The van der Waals surface area contributed by atoms with E-state index < -0.39 is 41.1 Å². The number of oxazole rings is 1. The fourth-order valence-corrected chi connectivity index (χ4v) is 4.33. The summed E-state index contributed by atoms with van der Waals surface area (Å²) in [6, 6.07) is 5.12. The molecule has 2 aliphatic rings. The molecule has 0 spiro atoms. The van der Waals surface area contributed by atoms with Gasteiger partial charge in [-0.1, -0.05) is 23.2 Å². The fraction of sp³-hybridized carbons (Fsp3) is 0.286. The Balaban J connectivity index is 1.35. The molecule has 2 fully saturated rings. The normalized spacial score (nSPS) is 21.4. The second kappa shape index (κ2) is 7.60. The number of urea groups is 1. The third-order valence-corrected chi connectivity index (χ3v) is 6.20. The molecular formula is C21H16Cl2F2N4O3. The summed E-state index contributed by atoms with van der Waals surface area (Å²) in [7, 11) is 0. The predicted molar refractivity (Wildman–Crippen MR) is 113 cm³/mol. The van der Waals surface area contributed by atoms with Crippen molar-refractivity contribution in [1.82, 2.24) is 20.9 Å². The Kier molecular flexibility index (Phi) is 4.98. The van der Waals surface area contributed by atoms with Crippen LogP contribution in [0.1, 0.15) is 30.2 Å². The van der Waals surface area contributed by atoms with Crippen LogP contribution in [0.4, 0.5) is 13.6 Å². The van der Waals surface area contributed by atoms with Crippen molar-refractivity contribution in [2.24, 2.45) is 0 Å². The highest BCUT2D eigenvalue weighted by Crippen LogP contribution is 2.46. The highest BCUT2D eigenvalue weighted by Gasteiger charge is 2.51. The number of halogens is 4. The van der Waals surface area contributed by atoms with Crippen molar-refractivity contribution in [3.05, 3.63) is 63.5 Å². The fourth-order valence-electron chi connectivity index (χ4n) is 3.98. The van der Waals surface area contributed by atoms with Crippen LogP contribution < -0.4 is 16.0 Å². The monoisotopic (exact) mass is 480 g/mol. The number of aromatic nitrogens is 1. The molecule has 1 aromatic heterocycles. The Labute approximate surface area is 190 Å². The van der Waals surface area contributed by atoms with E-state index in [-0.39, 0.29) is 17.1 Å². The molecule has 0 bridgehead atoms. The molecule has 1 aliphatic carbocycles. The van der Waals surface area contributed by atoms with Crippen LogP contribution in [0.2, 0.25) is 10.0 Å². The van der Waals surface area contributed by atoms with Crippen molar-refractivity contribution in [2.75, 3.05) is 6.54 Å². The molecule has 2 atom stereocenters. The Morgan fingerprint density at radius 3 is 2.56 bits per heavy atom. The van der Waals surface area contributed by atoms with E-state index in [1.165, 1.54) is 0 Å². The number of nitrogens with zero attached hydrogens (tertiary/aromatic N) is 1. The van der Waals surface area contributed by atoms with Crippen LogP contribution >= 0.6 is 23.2 Å². The molecule has 11 heteroatoms. The molecule has 1 saturated heterocycles. The van der Waals surface area contributed by atoms with E-state index in [2.05, 4.69) is 20.9 Å². The van der Waals surface area contributed by atoms with E-state index in [4.69, 9.17) is 27.6 Å². The van der Waals surface area contributed by atoms with Gasteiger partial charge in [0.15, 0.2) is 5.58 Å². The smallest absolute Gasteiger partial charge is 0.316 e. The number of carbonyl (C=O) groups excluding carboxylic acids is 2. The quantitative estimate of drug-likeness (QED) is 0.526. The number of carbonyl (C=O) groups is 2. The van der Waals surface area contributed by atoms with E-state index in [0.29, 0.717) is 34.9 Å². The Morgan fingerprint density at radius 1 is 1.16 bits per heavy atom. The average molecular weight is 481 g/mol. The molecule has 1 saturated carbocycles. The summed E-state index contributed by atoms with van der Waals surface area (Å²) in [6.45, 7) is -0.0315. The highest BCUT2D eigenvalue weighted by molar-refractivity contribution is 6.31. The predicted octanol–water partition coefficient (Wildman–Crippen LogP) is 3.98. The molecule has 2 aromatic carbocycles. The van der Waals surface area contributed by atoms with Crippen LogP contribution in [0, 0.1) is 11.6 Å². The maximum atomic E-state index is 14.4. The third kappa shape index (κ3) is 3.65. The molecule has 5 rings (SSSR count). The van der Waals surface area contributed by atoms with Gasteiger partial charge in [0.1, 0.15) is 28.7 Å². The van der Waals surface area contributed by atoms with Crippen LogP contribution in [0.25, 0.3) is 11.1 Å². The Morgan fingerprint density at radius 2 is 1.88 bits per heavy atom. The molecular weight excluding hydrogens is 465 g/mol. The lowest BCUT2D eigenvalue weighted by molar-refractivity contribution is -0.120. The second-order valence-electron chi connectivity index (χ2n) is 7.92. The van der Waals surface area contributed by atoms with Crippen LogP contribution in [-0.4, -0.2) is 29.5 Å². The highest BCUT2D eigenvalue weighted by atomic mass is 35.5. The van der Waals surface area contributed by atoms with Crippen LogP contribution in [0.3, 0.4) is 0 Å². The van der Waals surface area contributed by atoms with Gasteiger partial charge in [-0.3, -0.25) is 4.79 Å². The summed E-state index contributed by atoms with van der Waals surface area (Å²) in [4.78, 5) is 29.5. The zero-order chi connectivity index (χ0) is 22.6. The van der Waals surface area contributed by atoms with Gasteiger partial charge >= 0.3 is 6.03 Å². The number of amides is 3. The van der Waals surface area contributed by atoms with Gasteiger partial charge in [0, 0.05) is 34.1 Å². The van der Waals surface area contributed by atoms with Crippen molar-refractivity contribution in [3.63, 3.8) is 0 Å². The lowest BCUT2D eigenvalue weighted by Gasteiger charge is -2.22. The number of hydrogen-bond acceptors (Lipinski definition) is 4. The number of hydrogen-bond donors (Lipinski definition) is 3. The van der Waals surface area contributed by atoms with Crippen molar-refractivity contribution in [2.45, 2.75) is 30.3 Å². The summed E-state index contributed by atoms with van der Waals surface area (Å²) in [5.41, 5.74) is -0.0431. The van der Waals surface area contributed by atoms with Crippen molar-refractivity contribution < 1.29 is 22.8 Å². The standard InChI is InChI=1S/C21H16Cl2F2N4O3/c22-9-1-2-14-15(7-9)32-19(27-14)21(3-4-21)29-20(31)28-17-11(8-26-18(17)30)16-12(24)5-10(23)6-13(16)25/h1-2,5-7,11,17H,3-4,8H2,(H,26,30)(H2,28,29,31)/t11-,17-/m0/s1. The van der Waals surface area contributed by atoms with Gasteiger partial charge < -0.3 is 20.4 Å². The lowest BCUT2D eigenvalue weighted by Crippen LogP contribution is -2.50. The van der Waals surface area contributed by atoms with Gasteiger partial charge in [-0.05, 0) is 37.1 Å². The molecule has 0 radical (unpaired) electrons. The van der Waals surface area contributed by atoms with E-state index in [1.54, 1.807) is 18.2 Å². The maximum absolute atomic E-state index is 14.4. The molecule has 3 aromatic rings. The SMILES string of the molecule is O=C(N[C@@H]1C(=O)NC[C@H]1c1c(F)cc(Cl)cc1F)NC1(c2nc3ccc(Cl)cc3o2)CC1. The van der Waals surface area contributed by atoms with Crippen LogP contribution in [0.5, 0.6) is 0 Å². The topological polar surface area (TPSA) is 96.3 Å². The largest absolute Gasteiger partial charge is 0.438 e. The van der Waals surface area contributed by atoms with E-state index in [9.17, 15) is 18.4 Å². The van der Waals surface area contributed by atoms with Gasteiger partial charge in [-0.2, -0.15) is 0 Å². The zero-order valence-corrected chi connectivity index (χ0v) is 17.9. The van der Waals surface area contributed by atoms with Crippen LogP contribution in [-0.2, 0) is 10.3 Å². The minimum absolute atomic E-state index is 0.0315. The van der Waals surface area contributed by atoms with Gasteiger partial charge in [-0.25, -0.2) is 18.6 Å². The van der Waals surface area contributed by atoms with Gasteiger partial charge in [0.05, 0.1) is 0 Å². The second-order valence-corrected chi connectivity index (χ2v) is 8.80. The first kappa shape index (κ1) is 21.0. The first-order valence-corrected chi connectivity index (χ1v) is 10.6. The van der Waals surface area contributed by atoms with Crippen molar-refractivity contribution >= 4 is 46.2 Å². The average Bonchev–Trinajstić information content (AvgIpc) is 3.23. The number of benzene rings is 2. The molecule has 1 aliphatic heterocycles. The lowest BCUT2D eigenvalue weighted by atomic mass is 9.93. The summed E-state index contributed by atoms with van der Waals surface area (Å²) in [6.07, 6.45) is 1.17. The summed E-state index contributed by atoms with van der Waals surface area (Å²) < 4.78 is 34.6. The summed E-state index contributed by atoms with van der Waals surface area (Å²) in [5, 5.41) is 8.26. The minimum Gasteiger partial charge on any atom is -0.438 e.